The first kappa shape index (κ1) is 12.6. The van der Waals surface area contributed by atoms with Crippen molar-refractivity contribution in [2.75, 3.05) is 5.75 Å². The third-order valence-electron chi connectivity index (χ3n) is 2.01. The molecule has 0 spiro atoms. The van der Waals surface area contributed by atoms with Crippen molar-refractivity contribution in [3.8, 4) is 11.1 Å². The van der Waals surface area contributed by atoms with Crippen LogP contribution in [-0.2, 0) is 0 Å². The highest BCUT2D eigenvalue weighted by atomic mass is 32.1. The average Bonchev–Trinajstić information content (AvgIpc) is 2.41. The Morgan fingerprint density at radius 2 is 1.12 bits per heavy atom. The molecule has 0 aliphatic rings. The first-order chi connectivity index (χ1) is 7.88. The molecule has 0 unspecified atom stereocenters. The fraction of sp³-hybridized carbons (Fsp3) is 0.0667. The monoisotopic (exact) mass is 228 g/mol. The largest absolute Gasteiger partial charge is 0.175 e. The van der Waals surface area contributed by atoms with Crippen molar-refractivity contribution in [3.05, 3.63) is 73.3 Å². The summed E-state index contributed by atoms with van der Waals surface area (Å²) in [6.07, 6.45) is 1.74. The van der Waals surface area contributed by atoms with Crippen LogP contribution < -0.4 is 0 Å². The van der Waals surface area contributed by atoms with Gasteiger partial charge in [0.05, 0.1) is 0 Å². The number of hydrogen-bond donors (Lipinski definition) is 1. The summed E-state index contributed by atoms with van der Waals surface area (Å²) in [4.78, 5) is 0. The van der Waals surface area contributed by atoms with E-state index in [0.29, 0.717) is 0 Å². The van der Waals surface area contributed by atoms with Gasteiger partial charge in [-0.2, -0.15) is 12.6 Å². The molecule has 2 aromatic rings. The number of hydrogen-bond acceptors (Lipinski definition) is 1. The molecule has 0 radical (unpaired) electrons. The van der Waals surface area contributed by atoms with E-state index in [1.165, 1.54) is 11.1 Å². The van der Waals surface area contributed by atoms with Crippen LogP contribution in [0.1, 0.15) is 0 Å². The summed E-state index contributed by atoms with van der Waals surface area (Å²) >= 11 is 3.80. The Morgan fingerprint density at radius 3 is 1.38 bits per heavy atom. The first-order valence-corrected chi connectivity index (χ1v) is 5.84. The normalized spacial score (nSPS) is 8.81. The summed E-state index contributed by atoms with van der Waals surface area (Å²) in [7, 11) is 0. The van der Waals surface area contributed by atoms with Crippen LogP contribution in [0.4, 0.5) is 0 Å². The highest BCUT2D eigenvalue weighted by Gasteiger charge is 1.91. The molecule has 0 saturated heterocycles. The topological polar surface area (TPSA) is 0 Å². The fourth-order valence-electron chi connectivity index (χ4n) is 1.26. The van der Waals surface area contributed by atoms with Crippen molar-refractivity contribution in [3.63, 3.8) is 0 Å². The molecule has 0 N–H and O–H groups in total. The molecule has 0 aliphatic heterocycles. The van der Waals surface area contributed by atoms with E-state index < -0.39 is 0 Å². The summed E-state index contributed by atoms with van der Waals surface area (Å²) in [5.41, 5.74) is 2.55. The van der Waals surface area contributed by atoms with E-state index in [0.717, 1.165) is 5.75 Å². The van der Waals surface area contributed by atoms with Gasteiger partial charge in [0.2, 0.25) is 0 Å². The van der Waals surface area contributed by atoms with Gasteiger partial charge >= 0.3 is 0 Å². The van der Waals surface area contributed by atoms with Gasteiger partial charge in [0, 0.05) is 5.75 Å². The molecule has 82 valence electrons. The molecule has 0 amide bonds. The van der Waals surface area contributed by atoms with Crippen LogP contribution in [-0.4, -0.2) is 5.75 Å². The maximum absolute atomic E-state index is 3.80. The van der Waals surface area contributed by atoms with E-state index in [2.05, 4.69) is 67.7 Å². The Kier molecular flexibility index (Phi) is 6.12. The Labute approximate surface area is 103 Å². The van der Waals surface area contributed by atoms with Gasteiger partial charge in [-0.25, -0.2) is 0 Å². The van der Waals surface area contributed by atoms with Crippen molar-refractivity contribution in [2.24, 2.45) is 0 Å². The Balaban J connectivity index is 0.000000280. The molecule has 0 nitrogen and oxygen atoms in total. The Hall–Kier alpha value is -1.47. The fourth-order valence-corrected chi connectivity index (χ4v) is 1.26. The maximum atomic E-state index is 3.80. The van der Waals surface area contributed by atoms with Crippen molar-refractivity contribution in [2.45, 2.75) is 0 Å². The zero-order chi connectivity index (χ0) is 11.6. The van der Waals surface area contributed by atoms with E-state index in [1.807, 2.05) is 12.1 Å². The highest BCUT2D eigenvalue weighted by molar-refractivity contribution is 7.80. The molecule has 0 aromatic heterocycles. The smallest absolute Gasteiger partial charge is 0.00799 e. The van der Waals surface area contributed by atoms with Crippen LogP contribution >= 0.6 is 12.6 Å². The Bertz CT molecular complexity index is 355. The van der Waals surface area contributed by atoms with E-state index in [1.54, 1.807) is 6.08 Å². The van der Waals surface area contributed by atoms with Gasteiger partial charge in [0.15, 0.2) is 0 Å². The lowest BCUT2D eigenvalue weighted by molar-refractivity contribution is 1.62. The molecular weight excluding hydrogens is 212 g/mol. The summed E-state index contributed by atoms with van der Waals surface area (Å²) in [6, 6.07) is 20.8. The number of benzene rings is 2. The predicted molar refractivity (Wildman–Crippen MR) is 75.9 cm³/mol. The molecule has 1 heteroatoms. The number of thiol groups is 1. The minimum absolute atomic E-state index is 0.778. The van der Waals surface area contributed by atoms with Crippen molar-refractivity contribution in [1.82, 2.24) is 0 Å². The minimum Gasteiger partial charge on any atom is -0.175 e. The van der Waals surface area contributed by atoms with E-state index in [4.69, 9.17) is 0 Å². The first-order valence-electron chi connectivity index (χ1n) is 5.20. The third-order valence-corrected chi connectivity index (χ3v) is 2.27. The minimum atomic E-state index is 0.778. The quantitative estimate of drug-likeness (QED) is 0.569. The maximum Gasteiger partial charge on any atom is 0.00799 e. The summed E-state index contributed by atoms with van der Waals surface area (Å²) in [6.45, 7) is 3.40. The van der Waals surface area contributed by atoms with Gasteiger partial charge in [-0.15, -0.1) is 6.58 Å². The molecule has 2 rings (SSSR count). The number of rotatable bonds is 2. The average molecular weight is 228 g/mol. The zero-order valence-electron chi connectivity index (χ0n) is 9.21. The summed E-state index contributed by atoms with van der Waals surface area (Å²) in [5.74, 6) is 0.778. The molecule has 0 aliphatic carbocycles. The molecule has 16 heavy (non-hydrogen) atoms. The molecule has 0 saturated carbocycles. The van der Waals surface area contributed by atoms with E-state index in [-0.39, 0.29) is 0 Å². The standard InChI is InChI=1S/C12H10.C3H6S/c1-3-7-11(8-4-1)12-9-5-2-6-10-12;1-2-3-4/h1-10H;2,4H,1,3H2. The van der Waals surface area contributed by atoms with Crippen LogP contribution in [0, 0.1) is 0 Å². The Morgan fingerprint density at radius 1 is 0.812 bits per heavy atom. The van der Waals surface area contributed by atoms with E-state index >= 15 is 0 Å². The second-order valence-electron chi connectivity index (χ2n) is 3.20. The lowest BCUT2D eigenvalue weighted by atomic mass is 10.1. The van der Waals surface area contributed by atoms with Crippen LogP contribution in [0.25, 0.3) is 11.1 Å². The SMILES string of the molecule is C=CCS.c1ccc(-c2ccccc2)cc1. The van der Waals surface area contributed by atoms with Gasteiger partial charge in [-0.05, 0) is 11.1 Å². The van der Waals surface area contributed by atoms with Gasteiger partial charge in [0.1, 0.15) is 0 Å². The summed E-state index contributed by atoms with van der Waals surface area (Å²) in [5, 5.41) is 0. The molecule has 2 aromatic carbocycles. The van der Waals surface area contributed by atoms with Crippen LogP contribution in [0.5, 0.6) is 0 Å². The van der Waals surface area contributed by atoms with Gasteiger partial charge in [0.25, 0.3) is 0 Å². The van der Waals surface area contributed by atoms with Crippen LogP contribution in [0.2, 0.25) is 0 Å². The zero-order valence-corrected chi connectivity index (χ0v) is 10.1. The molecule has 0 heterocycles. The molecule has 0 fully saturated rings. The van der Waals surface area contributed by atoms with Crippen molar-refractivity contribution in [1.29, 1.82) is 0 Å². The predicted octanol–water partition coefficient (Wildman–Crippen LogP) is 4.46. The van der Waals surface area contributed by atoms with Gasteiger partial charge < -0.3 is 0 Å². The van der Waals surface area contributed by atoms with Gasteiger partial charge in [-0.1, -0.05) is 66.7 Å². The highest BCUT2D eigenvalue weighted by Crippen LogP contribution is 2.17. The second kappa shape index (κ2) is 7.77. The lowest BCUT2D eigenvalue weighted by Gasteiger charge is -1.98. The summed E-state index contributed by atoms with van der Waals surface area (Å²) < 4.78 is 0. The van der Waals surface area contributed by atoms with E-state index in [9.17, 15) is 0 Å². The second-order valence-corrected chi connectivity index (χ2v) is 3.57. The molecular formula is C15H16S. The van der Waals surface area contributed by atoms with Crippen molar-refractivity contribution < 1.29 is 0 Å². The third kappa shape index (κ3) is 4.37. The van der Waals surface area contributed by atoms with Crippen LogP contribution in [0.15, 0.2) is 73.3 Å². The van der Waals surface area contributed by atoms with Crippen LogP contribution in [0.3, 0.4) is 0 Å². The molecule has 0 atom stereocenters. The van der Waals surface area contributed by atoms with Crippen molar-refractivity contribution >= 4 is 12.6 Å². The van der Waals surface area contributed by atoms with Gasteiger partial charge in [-0.3, -0.25) is 0 Å². The molecule has 0 bridgehead atoms. The lowest BCUT2D eigenvalue weighted by Crippen LogP contribution is -1.73.